The third kappa shape index (κ3) is 4.93. The third-order valence-electron chi connectivity index (χ3n) is 6.01. The molecule has 1 amide bonds. The van der Waals surface area contributed by atoms with Crippen molar-refractivity contribution in [2.45, 2.75) is 32.6 Å². The molecule has 1 atom stereocenters. The number of fused-ring (bicyclic) bond motifs is 1. The number of hydrogen-bond acceptors (Lipinski definition) is 8. The molecule has 0 fully saturated rings. The van der Waals surface area contributed by atoms with E-state index >= 15 is 0 Å². The Hall–Kier alpha value is -5.08. The molecule has 200 valence electrons. The first-order chi connectivity index (χ1) is 18.5. The quantitative estimate of drug-likeness (QED) is 0.333. The molecule has 5 aromatic rings. The van der Waals surface area contributed by atoms with Crippen molar-refractivity contribution < 1.29 is 22.5 Å². The van der Waals surface area contributed by atoms with Gasteiger partial charge in [-0.25, -0.2) is 14.8 Å². The molecule has 5 aromatic heterocycles. The van der Waals surface area contributed by atoms with E-state index in [0.29, 0.717) is 5.69 Å². The van der Waals surface area contributed by atoms with E-state index in [2.05, 4.69) is 30.4 Å². The molecule has 0 spiro atoms. The zero-order chi connectivity index (χ0) is 27.9. The first-order valence-corrected chi connectivity index (χ1v) is 11.4. The van der Waals surface area contributed by atoms with Crippen LogP contribution in [0.25, 0.3) is 22.4 Å². The fourth-order valence-electron chi connectivity index (χ4n) is 3.95. The number of amides is 1. The number of nitrogens with zero attached hydrogens (tertiary/aromatic N) is 6. The molecule has 0 saturated heterocycles. The van der Waals surface area contributed by atoms with Crippen LogP contribution in [0.1, 0.15) is 29.9 Å². The third-order valence-corrected chi connectivity index (χ3v) is 6.01. The lowest BCUT2D eigenvalue weighted by Gasteiger charge is -2.15. The minimum Gasteiger partial charge on any atom is -0.364 e. The summed E-state index contributed by atoms with van der Waals surface area (Å²) in [4.78, 5) is 53.3. The number of H-pyrrole nitrogens is 1. The summed E-state index contributed by atoms with van der Waals surface area (Å²) in [6, 6.07) is 5.94. The molecule has 0 aliphatic rings. The van der Waals surface area contributed by atoms with Crippen LogP contribution in [0.2, 0.25) is 0 Å². The van der Waals surface area contributed by atoms with Crippen LogP contribution in [0.5, 0.6) is 0 Å². The number of anilines is 1. The molecule has 0 unspecified atom stereocenters. The second-order valence-corrected chi connectivity index (χ2v) is 8.59. The van der Waals surface area contributed by atoms with E-state index < -0.39 is 34.9 Å². The predicted octanol–water partition coefficient (Wildman–Crippen LogP) is 2.91. The standard InChI is InChI=1S/C24H19F3N8O4/c1-12-16(24(25,26)27)8-14(9-28-12)17-4-3-5-18(30-17)31-21(36)13(2)35-11-29-20-19(35)22(37)34(23(38)32-20)10-15-6-7-39-33-15/h3-9,11,13H,10H2,1-2H3,(H,32,38)(H,30,31,36)/t13-/m0/s1. The number of aromatic nitrogens is 7. The summed E-state index contributed by atoms with van der Waals surface area (Å²) in [7, 11) is 0. The molecule has 12 nitrogen and oxygen atoms in total. The highest BCUT2D eigenvalue weighted by Gasteiger charge is 2.33. The molecular formula is C24H19F3N8O4. The number of hydrogen-bond donors (Lipinski definition) is 2. The Labute approximate surface area is 216 Å². The SMILES string of the molecule is Cc1ncc(-c2cccc(NC(=O)[C@H](C)n3cnc4[nH]c(=O)n(Cc5ccon5)c(=O)c43)n2)cc1C(F)(F)F. The van der Waals surface area contributed by atoms with Crippen LogP contribution in [-0.4, -0.2) is 40.1 Å². The maximum absolute atomic E-state index is 13.3. The summed E-state index contributed by atoms with van der Waals surface area (Å²) in [5.41, 5.74) is -1.85. The Morgan fingerprint density at radius 1 is 1.21 bits per heavy atom. The van der Waals surface area contributed by atoms with E-state index in [-0.39, 0.29) is 40.5 Å². The monoisotopic (exact) mass is 540 g/mol. The van der Waals surface area contributed by atoms with Gasteiger partial charge >= 0.3 is 11.9 Å². The van der Waals surface area contributed by atoms with E-state index in [4.69, 9.17) is 4.52 Å². The highest BCUT2D eigenvalue weighted by atomic mass is 19.4. The number of aryl methyl sites for hydroxylation is 1. The number of imidazole rings is 1. The van der Waals surface area contributed by atoms with Crippen molar-refractivity contribution in [2.24, 2.45) is 0 Å². The van der Waals surface area contributed by atoms with Gasteiger partial charge in [-0.3, -0.25) is 24.1 Å². The van der Waals surface area contributed by atoms with Gasteiger partial charge in [0, 0.05) is 23.5 Å². The summed E-state index contributed by atoms with van der Waals surface area (Å²) in [6.45, 7) is 2.61. The number of rotatable bonds is 6. The van der Waals surface area contributed by atoms with Crippen LogP contribution in [0.15, 0.2) is 63.2 Å². The van der Waals surface area contributed by atoms with Crippen molar-refractivity contribution in [1.29, 1.82) is 0 Å². The van der Waals surface area contributed by atoms with Crippen molar-refractivity contribution in [3.05, 3.63) is 86.9 Å². The van der Waals surface area contributed by atoms with Gasteiger partial charge in [-0.2, -0.15) is 13.2 Å². The van der Waals surface area contributed by atoms with E-state index in [9.17, 15) is 27.6 Å². The first kappa shape index (κ1) is 25.6. The summed E-state index contributed by atoms with van der Waals surface area (Å²) >= 11 is 0. The molecule has 0 aliphatic heterocycles. The molecule has 0 aromatic carbocycles. The van der Waals surface area contributed by atoms with Gasteiger partial charge in [0.25, 0.3) is 5.56 Å². The van der Waals surface area contributed by atoms with Gasteiger partial charge in [-0.05, 0) is 32.0 Å². The lowest BCUT2D eigenvalue weighted by atomic mass is 10.1. The molecular weight excluding hydrogens is 521 g/mol. The predicted molar refractivity (Wildman–Crippen MR) is 131 cm³/mol. The molecule has 0 saturated carbocycles. The van der Waals surface area contributed by atoms with Crippen molar-refractivity contribution in [2.75, 3.05) is 5.32 Å². The number of pyridine rings is 2. The summed E-state index contributed by atoms with van der Waals surface area (Å²) in [6.07, 6.45) is -0.770. The second kappa shape index (κ2) is 9.66. The number of halogens is 3. The van der Waals surface area contributed by atoms with Gasteiger partial charge in [0.1, 0.15) is 23.8 Å². The van der Waals surface area contributed by atoms with Crippen LogP contribution in [0.3, 0.4) is 0 Å². The van der Waals surface area contributed by atoms with Gasteiger partial charge in [0.2, 0.25) is 5.91 Å². The molecule has 2 N–H and O–H groups in total. The van der Waals surface area contributed by atoms with Gasteiger partial charge in [-0.1, -0.05) is 11.2 Å². The van der Waals surface area contributed by atoms with Crippen molar-refractivity contribution in [3.63, 3.8) is 0 Å². The normalized spacial score (nSPS) is 12.5. The van der Waals surface area contributed by atoms with Crippen LogP contribution in [-0.2, 0) is 17.5 Å². The highest BCUT2D eigenvalue weighted by molar-refractivity contribution is 5.93. The average Bonchev–Trinajstić information content (AvgIpc) is 3.56. The van der Waals surface area contributed by atoms with Crippen LogP contribution in [0.4, 0.5) is 19.0 Å². The van der Waals surface area contributed by atoms with Crippen LogP contribution in [0, 0.1) is 6.92 Å². The van der Waals surface area contributed by atoms with Crippen LogP contribution >= 0.6 is 0 Å². The van der Waals surface area contributed by atoms with E-state index in [1.165, 1.54) is 61.5 Å². The maximum atomic E-state index is 13.3. The molecule has 15 heteroatoms. The minimum absolute atomic E-state index is 0.00600. The maximum Gasteiger partial charge on any atom is 0.418 e. The van der Waals surface area contributed by atoms with Gasteiger partial charge < -0.3 is 14.4 Å². The molecule has 5 heterocycles. The van der Waals surface area contributed by atoms with E-state index in [1.54, 1.807) is 0 Å². The molecule has 0 aliphatic carbocycles. The average molecular weight is 540 g/mol. The first-order valence-electron chi connectivity index (χ1n) is 11.4. The minimum atomic E-state index is -4.58. The second-order valence-electron chi connectivity index (χ2n) is 8.59. The number of carbonyl (C=O) groups is 1. The summed E-state index contributed by atoms with van der Waals surface area (Å²) in [5.74, 6) is -0.523. The van der Waals surface area contributed by atoms with E-state index in [1.807, 2.05) is 0 Å². The Balaban J connectivity index is 1.43. The summed E-state index contributed by atoms with van der Waals surface area (Å²) < 4.78 is 46.9. The number of aromatic amines is 1. The Kier molecular flexibility index (Phi) is 6.33. The lowest BCUT2D eigenvalue weighted by molar-refractivity contribution is -0.138. The number of alkyl halides is 3. The fraction of sp³-hybridized carbons (Fsp3) is 0.208. The topological polar surface area (TPSA) is 154 Å². The smallest absolute Gasteiger partial charge is 0.364 e. The zero-order valence-corrected chi connectivity index (χ0v) is 20.4. The van der Waals surface area contributed by atoms with Crippen molar-refractivity contribution >= 4 is 22.9 Å². The zero-order valence-electron chi connectivity index (χ0n) is 20.4. The van der Waals surface area contributed by atoms with Gasteiger partial charge in [-0.15, -0.1) is 0 Å². The van der Waals surface area contributed by atoms with Gasteiger partial charge in [0.15, 0.2) is 11.2 Å². The Morgan fingerprint density at radius 2 is 2.00 bits per heavy atom. The molecule has 0 bridgehead atoms. The molecule has 39 heavy (non-hydrogen) atoms. The van der Waals surface area contributed by atoms with Crippen molar-refractivity contribution in [3.8, 4) is 11.3 Å². The summed E-state index contributed by atoms with van der Waals surface area (Å²) in [5, 5.41) is 6.30. The molecule has 5 rings (SSSR count). The lowest BCUT2D eigenvalue weighted by Crippen LogP contribution is -2.37. The number of carbonyl (C=O) groups excluding carboxylic acids is 1. The van der Waals surface area contributed by atoms with E-state index in [0.717, 1.165) is 10.6 Å². The Bertz CT molecular complexity index is 1800. The van der Waals surface area contributed by atoms with Crippen molar-refractivity contribution in [1.82, 2.24) is 34.2 Å². The van der Waals surface area contributed by atoms with Crippen LogP contribution < -0.4 is 16.6 Å². The Morgan fingerprint density at radius 3 is 2.72 bits per heavy atom. The largest absolute Gasteiger partial charge is 0.418 e. The fourth-order valence-corrected chi connectivity index (χ4v) is 3.95. The highest BCUT2D eigenvalue weighted by Crippen LogP contribution is 2.33. The number of nitrogens with one attached hydrogen (secondary N) is 2. The molecule has 0 radical (unpaired) electrons. The van der Waals surface area contributed by atoms with Gasteiger partial charge in [0.05, 0.1) is 24.1 Å².